The summed E-state index contributed by atoms with van der Waals surface area (Å²) in [5.41, 5.74) is 0. The van der Waals surface area contributed by atoms with Crippen LogP contribution in [-0.4, -0.2) is 52.7 Å². The molecule has 3 heterocycles. The van der Waals surface area contributed by atoms with E-state index in [4.69, 9.17) is 0 Å². The molecule has 1 saturated heterocycles. The van der Waals surface area contributed by atoms with Gasteiger partial charge in [-0.3, -0.25) is 0 Å². The molecule has 0 spiro atoms. The molecule has 0 radical (unpaired) electrons. The zero-order valence-electron chi connectivity index (χ0n) is 14.2. The second-order valence-corrected chi connectivity index (χ2v) is 5.90. The fourth-order valence-corrected chi connectivity index (χ4v) is 2.78. The molecule has 0 bridgehead atoms. The molecule has 0 saturated carbocycles. The van der Waals surface area contributed by atoms with Crippen molar-refractivity contribution in [3.05, 3.63) is 30.7 Å². The second-order valence-electron chi connectivity index (χ2n) is 5.90. The van der Waals surface area contributed by atoms with Crippen molar-refractivity contribution in [3.8, 4) is 0 Å². The van der Waals surface area contributed by atoms with Gasteiger partial charge >= 0.3 is 0 Å². The minimum absolute atomic E-state index is 0.720. The van der Waals surface area contributed by atoms with Crippen LogP contribution in [0.2, 0.25) is 0 Å². The van der Waals surface area contributed by atoms with Crippen LogP contribution in [0.5, 0.6) is 0 Å². The molecular formula is C17H25N7. The van der Waals surface area contributed by atoms with E-state index in [2.05, 4.69) is 42.0 Å². The van der Waals surface area contributed by atoms with Crippen molar-refractivity contribution in [2.24, 2.45) is 0 Å². The third-order valence-electron chi connectivity index (χ3n) is 4.14. The zero-order valence-corrected chi connectivity index (χ0v) is 14.2. The SMILES string of the molecule is CCCCCNc1nccc(N2CCN(c3ncccn3)CC2)n1. The lowest BCUT2D eigenvalue weighted by Gasteiger charge is -2.35. The number of anilines is 3. The van der Waals surface area contributed by atoms with Crippen LogP contribution in [0.3, 0.4) is 0 Å². The number of rotatable bonds is 7. The molecule has 1 N–H and O–H groups in total. The number of unbranched alkanes of at least 4 members (excludes halogenated alkanes) is 2. The molecule has 128 valence electrons. The van der Waals surface area contributed by atoms with Crippen LogP contribution in [0, 0.1) is 0 Å². The van der Waals surface area contributed by atoms with Crippen LogP contribution >= 0.6 is 0 Å². The van der Waals surface area contributed by atoms with E-state index >= 15 is 0 Å². The van der Waals surface area contributed by atoms with Crippen molar-refractivity contribution < 1.29 is 0 Å². The summed E-state index contributed by atoms with van der Waals surface area (Å²) in [5, 5.41) is 3.31. The fourth-order valence-electron chi connectivity index (χ4n) is 2.78. The normalized spacial score (nSPS) is 14.7. The van der Waals surface area contributed by atoms with E-state index < -0.39 is 0 Å². The fraction of sp³-hybridized carbons (Fsp3) is 0.529. The van der Waals surface area contributed by atoms with E-state index in [0.717, 1.165) is 56.9 Å². The Labute approximate surface area is 143 Å². The monoisotopic (exact) mass is 327 g/mol. The first-order valence-corrected chi connectivity index (χ1v) is 8.70. The van der Waals surface area contributed by atoms with Crippen LogP contribution in [-0.2, 0) is 0 Å². The summed E-state index contributed by atoms with van der Waals surface area (Å²) in [6.07, 6.45) is 9.01. The molecule has 7 heteroatoms. The quantitative estimate of drug-likeness (QED) is 0.782. The Kier molecular flexibility index (Phi) is 5.76. The molecular weight excluding hydrogens is 302 g/mol. The van der Waals surface area contributed by atoms with Gasteiger partial charge in [-0.15, -0.1) is 0 Å². The summed E-state index contributed by atoms with van der Waals surface area (Å²) in [6, 6.07) is 3.82. The van der Waals surface area contributed by atoms with Crippen LogP contribution in [0.4, 0.5) is 17.7 Å². The number of hydrogen-bond donors (Lipinski definition) is 1. The highest BCUT2D eigenvalue weighted by molar-refractivity contribution is 5.45. The smallest absolute Gasteiger partial charge is 0.225 e. The Balaban J connectivity index is 1.54. The Bertz CT molecular complexity index is 611. The first-order valence-electron chi connectivity index (χ1n) is 8.70. The highest BCUT2D eigenvalue weighted by Gasteiger charge is 2.19. The molecule has 2 aromatic rings. The van der Waals surface area contributed by atoms with Crippen molar-refractivity contribution in [1.29, 1.82) is 0 Å². The summed E-state index contributed by atoms with van der Waals surface area (Å²) >= 11 is 0. The summed E-state index contributed by atoms with van der Waals surface area (Å²) in [7, 11) is 0. The molecule has 0 atom stereocenters. The maximum Gasteiger partial charge on any atom is 0.225 e. The van der Waals surface area contributed by atoms with Gasteiger partial charge in [-0.25, -0.2) is 15.0 Å². The Hall–Kier alpha value is -2.44. The topological polar surface area (TPSA) is 70.1 Å². The standard InChI is InChI=1S/C17H25N7/c1-2-3-4-7-18-16-19-10-6-15(22-16)23-11-13-24(14-12-23)17-20-8-5-9-21-17/h5-6,8-10H,2-4,7,11-14H2,1H3,(H,18,19,22). The number of nitrogens with one attached hydrogen (secondary N) is 1. The summed E-state index contributed by atoms with van der Waals surface area (Å²) < 4.78 is 0. The van der Waals surface area contributed by atoms with Gasteiger partial charge in [0.25, 0.3) is 0 Å². The minimum Gasteiger partial charge on any atom is -0.354 e. The van der Waals surface area contributed by atoms with Crippen molar-refractivity contribution in [3.63, 3.8) is 0 Å². The summed E-state index contributed by atoms with van der Waals surface area (Å²) in [4.78, 5) is 22.1. The number of piperazine rings is 1. The van der Waals surface area contributed by atoms with Crippen LogP contribution in [0.25, 0.3) is 0 Å². The lowest BCUT2D eigenvalue weighted by Crippen LogP contribution is -2.47. The highest BCUT2D eigenvalue weighted by atomic mass is 15.3. The molecule has 7 nitrogen and oxygen atoms in total. The lowest BCUT2D eigenvalue weighted by atomic mass is 10.2. The molecule has 0 aromatic carbocycles. The van der Waals surface area contributed by atoms with Gasteiger partial charge in [-0.2, -0.15) is 4.98 Å². The molecule has 3 rings (SSSR count). The first kappa shape index (κ1) is 16.4. The number of nitrogens with zero attached hydrogens (tertiary/aromatic N) is 6. The summed E-state index contributed by atoms with van der Waals surface area (Å²) in [5.74, 6) is 2.51. The summed E-state index contributed by atoms with van der Waals surface area (Å²) in [6.45, 7) is 6.74. The molecule has 1 aliphatic rings. The predicted molar refractivity (Wildman–Crippen MR) is 96.5 cm³/mol. The van der Waals surface area contributed by atoms with Crippen molar-refractivity contribution >= 4 is 17.7 Å². The zero-order chi connectivity index (χ0) is 16.6. The van der Waals surface area contributed by atoms with Crippen molar-refractivity contribution in [1.82, 2.24) is 19.9 Å². The highest BCUT2D eigenvalue weighted by Crippen LogP contribution is 2.16. The molecule has 0 amide bonds. The van der Waals surface area contributed by atoms with Crippen LogP contribution in [0.1, 0.15) is 26.2 Å². The third-order valence-corrected chi connectivity index (χ3v) is 4.14. The molecule has 0 aliphatic carbocycles. The van der Waals surface area contributed by atoms with Crippen LogP contribution in [0.15, 0.2) is 30.7 Å². The van der Waals surface area contributed by atoms with Gasteiger partial charge in [0.1, 0.15) is 5.82 Å². The molecule has 1 aliphatic heterocycles. The molecule has 1 fully saturated rings. The number of aromatic nitrogens is 4. The minimum atomic E-state index is 0.720. The van der Waals surface area contributed by atoms with Crippen molar-refractivity contribution in [2.75, 3.05) is 47.8 Å². The van der Waals surface area contributed by atoms with Gasteiger partial charge in [0.05, 0.1) is 0 Å². The van der Waals surface area contributed by atoms with Gasteiger partial charge in [-0.05, 0) is 18.6 Å². The average Bonchev–Trinajstić information content (AvgIpc) is 2.66. The molecule has 0 unspecified atom stereocenters. The van der Waals surface area contributed by atoms with E-state index in [1.165, 1.54) is 12.8 Å². The van der Waals surface area contributed by atoms with Gasteiger partial charge in [0.2, 0.25) is 11.9 Å². The third kappa shape index (κ3) is 4.31. The maximum absolute atomic E-state index is 4.65. The van der Waals surface area contributed by atoms with Gasteiger partial charge in [0.15, 0.2) is 0 Å². The lowest BCUT2D eigenvalue weighted by molar-refractivity contribution is 0.634. The van der Waals surface area contributed by atoms with Gasteiger partial charge in [0, 0.05) is 51.3 Å². The van der Waals surface area contributed by atoms with Crippen LogP contribution < -0.4 is 15.1 Å². The maximum atomic E-state index is 4.65. The van der Waals surface area contributed by atoms with E-state index in [0.29, 0.717) is 0 Å². The van der Waals surface area contributed by atoms with E-state index in [1.807, 2.05) is 18.3 Å². The number of hydrogen-bond acceptors (Lipinski definition) is 7. The Morgan fingerprint density at radius 1 is 0.958 bits per heavy atom. The second kappa shape index (κ2) is 8.42. The average molecular weight is 327 g/mol. The van der Waals surface area contributed by atoms with E-state index in [-0.39, 0.29) is 0 Å². The predicted octanol–water partition coefficient (Wildman–Crippen LogP) is 2.20. The molecule has 2 aromatic heterocycles. The van der Waals surface area contributed by atoms with E-state index in [1.54, 1.807) is 12.4 Å². The van der Waals surface area contributed by atoms with Gasteiger partial charge in [-0.1, -0.05) is 19.8 Å². The Morgan fingerprint density at radius 3 is 2.46 bits per heavy atom. The van der Waals surface area contributed by atoms with Gasteiger partial charge < -0.3 is 15.1 Å². The van der Waals surface area contributed by atoms with Crippen molar-refractivity contribution in [2.45, 2.75) is 26.2 Å². The van der Waals surface area contributed by atoms with E-state index in [9.17, 15) is 0 Å². The largest absolute Gasteiger partial charge is 0.354 e. The molecule has 24 heavy (non-hydrogen) atoms. The Morgan fingerprint density at radius 2 is 1.71 bits per heavy atom. The first-order chi connectivity index (χ1) is 11.9.